The number of piperidine rings is 1. The summed E-state index contributed by atoms with van der Waals surface area (Å²) in [5, 5.41) is 0. The number of likely N-dealkylation sites (tertiary alicyclic amines) is 1. The lowest BCUT2D eigenvalue weighted by molar-refractivity contribution is -0.138. The predicted molar refractivity (Wildman–Crippen MR) is 60.3 cm³/mol. The molecular formula is C12H22N2O. The van der Waals surface area contributed by atoms with Gasteiger partial charge in [0.15, 0.2) is 0 Å². The van der Waals surface area contributed by atoms with E-state index in [-0.39, 0.29) is 5.92 Å². The molecule has 1 saturated carbocycles. The van der Waals surface area contributed by atoms with Gasteiger partial charge in [0.2, 0.25) is 5.91 Å². The Hall–Kier alpha value is -0.570. The third kappa shape index (κ3) is 2.33. The van der Waals surface area contributed by atoms with Crippen molar-refractivity contribution in [2.75, 3.05) is 19.6 Å². The summed E-state index contributed by atoms with van der Waals surface area (Å²) in [4.78, 5) is 14.0. The van der Waals surface area contributed by atoms with Gasteiger partial charge in [0.1, 0.15) is 0 Å². The minimum Gasteiger partial charge on any atom is -0.342 e. The fraction of sp³-hybridized carbons (Fsp3) is 0.917. The van der Waals surface area contributed by atoms with Gasteiger partial charge in [0.05, 0.1) is 0 Å². The average Bonchev–Trinajstić information content (AvgIpc) is 2.94. The maximum Gasteiger partial charge on any atom is 0.225 e. The maximum absolute atomic E-state index is 11.9. The highest BCUT2D eigenvalue weighted by Gasteiger charge is 2.44. The summed E-state index contributed by atoms with van der Waals surface area (Å²) < 4.78 is 0. The van der Waals surface area contributed by atoms with Crippen molar-refractivity contribution in [3.05, 3.63) is 0 Å². The summed E-state index contributed by atoms with van der Waals surface area (Å²) in [6.07, 6.45) is 5.86. The van der Waals surface area contributed by atoms with Gasteiger partial charge in [-0.15, -0.1) is 0 Å². The summed E-state index contributed by atoms with van der Waals surface area (Å²) in [6.45, 7) is 4.75. The van der Waals surface area contributed by atoms with E-state index in [0.29, 0.717) is 11.3 Å². The van der Waals surface area contributed by atoms with Gasteiger partial charge >= 0.3 is 0 Å². The van der Waals surface area contributed by atoms with Gasteiger partial charge < -0.3 is 10.6 Å². The Morgan fingerprint density at radius 2 is 2.27 bits per heavy atom. The van der Waals surface area contributed by atoms with Gasteiger partial charge in [0.25, 0.3) is 0 Å². The normalized spacial score (nSPS) is 29.3. The van der Waals surface area contributed by atoms with Gasteiger partial charge in [-0.1, -0.05) is 6.92 Å². The number of nitrogens with two attached hydrogens (primary N) is 1. The highest BCUT2D eigenvalue weighted by atomic mass is 16.2. The van der Waals surface area contributed by atoms with Crippen LogP contribution in [0.15, 0.2) is 0 Å². The lowest BCUT2D eigenvalue weighted by Gasteiger charge is -2.33. The Bertz CT molecular complexity index is 248. The van der Waals surface area contributed by atoms with Crippen LogP contribution in [0.2, 0.25) is 0 Å². The molecule has 0 bridgehead atoms. The standard InChI is InChI=1S/C12H22N2O/c1-10-3-2-8-14(11(10)15)9-12(4-5-12)6-7-13/h10H,2-9,13H2,1H3. The second-order valence-corrected chi connectivity index (χ2v) is 5.34. The Labute approximate surface area is 92.0 Å². The molecule has 0 aromatic carbocycles. The van der Waals surface area contributed by atoms with Crippen molar-refractivity contribution >= 4 is 5.91 Å². The molecular weight excluding hydrogens is 188 g/mol. The maximum atomic E-state index is 11.9. The number of nitrogens with zero attached hydrogens (tertiary/aromatic N) is 1. The van der Waals surface area contributed by atoms with E-state index in [1.807, 2.05) is 0 Å². The van der Waals surface area contributed by atoms with E-state index in [1.54, 1.807) is 0 Å². The number of hydrogen-bond donors (Lipinski definition) is 1. The third-order valence-corrected chi connectivity index (χ3v) is 3.96. The zero-order chi connectivity index (χ0) is 10.9. The molecule has 86 valence electrons. The first-order valence-electron chi connectivity index (χ1n) is 6.16. The lowest BCUT2D eigenvalue weighted by Crippen LogP contribution is -2.43. The van der Waals surface area contributed by atoms with Crippen molar-refractivity contribution < 1.29 is 4.79 Å². The average molecular weight is 210 g/mol. The molecule has 3 nitrogen and oxygen atoms in total. The van der Waals surface area contributed by atoms with Crippen molar-refractivity contribution in [2.24, 2.45) is 17.1 Å². The summed E-state index contributed by atoms with van der Waals surface area (Å²) in [5.41, 5.74) is 6.02. The summed E-state index contributed by atoms with van der Waals surface area (Å²) in [5.74, 6) is 0.608. The van der Waals surface area contributed by atoms with Crippen molar-refractivity contribution in [1.29, 1.82) is 0 Å². The van der Waals surface area contributed by atoms with E-state index < -0.39 is 0 Å². The number of rotatable bonds is 4. The number of carbonyl (C=O) groups excluding carboxylic acids is 1. The van der Waals surface area contributed by atoms with Crippen molar-refractivity contribution in [3.63, 3.8) is 0 Å². The summed E-state index contributed by atoms with van der Waals surface area (Å²) in [7, 11) is 0. The molecule has 1 aliphatic heterocycles. The van der Waals surface area contributed by atoms with Crippen molar-refractivity contribution in [1.82, 2.24) is 4.90 Å². The molecule has 1 saturated heterocycles. The molecule has 15 heavy (non-hydrogen) atoms. The monoisotopic (exact) mass is 210 g/mol. The first-order chi connectivity index (χ1) is 7.17. The van der Waals surface area contributed by atoms with Gasteiger partial charge in [-0.3, -0.25) is 4.79 Å². The van der Waals surface area contributed by atoms with Crippen LogP contribution < -0.4 is 5.73 Å². The molecule has 0 radical (unpaired) electrons. The predicted octanol–water partition coefficient (Wildman–Crippen LogP) is 1.37. The topological polar surface area (TPSA) is 46.3 Å². The van der Waals surface area contributed by atoms with E-state index in [0.717, 1.165) is 32.5 Å². The Morgan fingerprint density at radius 3 is 2.87 bits per heavy atom. The molecule has 3 heteroatoms. The highest BCUT2D eigenvalue weighted by Crippen LogP contribution is 2.49. The minimum atomic E-state index is 0.243. The number of hydrogen-bond acceptors (Lipinski definition) is 2. The van der Waals surface area contributed by atoms with Crippen molar-refractivity contribution in [2.45, 2.75) is 39.0 Å². The SMILES string of the molecule is CC1CCCN(CC2(CCN)CC2)C1=O. The van der Waals surface area contributed by atoms with Crippen LogP contribution in [0.4, 0.5) is 0 Å². The molecule has 1 atom stereocenters. The van der Waals surface area contributed by atoms with Gasteiger partial charge in [-0.05, 0) is 44.1 Å². The Balaban J connectivity index is 1.91. The summed E-state index contributed by atoms with van der Waals surface area (Å²) >= 11 is 0. The quantitative estimate of drug-likeness (QED) is 0.762. The third-order valence-electron chi connectivity index (χ3n) is 3.96. The Morgan fingerprint density at radius 1 is 1.53 bits per heavy atom. The van der Waals surface area contributed by atoms with Crippen LogP contribution in [0, 0.1) is 11.3 Å². The van der Waals surface area contributed by atoms with E-state index in [4.69, 9.17) is 5.73 Å². The molecule has 0 aromatic rings. The first kappa shape index (κ1) is 10.9. The van der Waals surface area contributed by atoms with Crippen LogP contribution in [0.3, 0.4) is 0 Å². The minimum absolute atomic E-state index is 0.243. The zero-order valence-electron chi connectivity index (χ0n) is 9.67. The van der Waals surface area contributed by atoms with Crippen molar-refractivity contribution in [3.8, 4) is 0 Å². The Kier molecular flexibility index (Phi) is 3.01. The van der Waals surface area contributed by atoms with E-state index >= 15 is 0 Å². The molecule has 2 rings (SSSR count). The smallest absolute Gasteiger partial charge is 0.225 e. The molecule has 0 spiro atoms. The second-order valence-electron chi connectivity index (χ2n) is 5.34. The molecule has 1 amide bonds. The molecule has 2 N–H and O–H groups in total. The molecule has 1 heterocycles. The van der Waals surface area contributed by atoms with E-state index in [2.05, 4.69) is 11.8 Å². The number of amides is 1. The first-order valence-corrected chi connectivity index (χ1v) is 6.16. The van der Waals surface area contributed by atoms with Crippen LogP contribution in [-0.4, -0.2) is 30.4 Å². The van der Waals surface area contributed by atoms with E-state index in [1.165, 1.54) is 19.3 Å². The molecule has 2 aliphatic rings. The van der Waals surface area contributed by atoms with Gasteiger partial charge in [-0.2, -0.15) is 0 Å². The largest absolute Gasteiger partial charge is 0.342 e. The lowest BCUT2D eigenvalue weighted by atomic mass is 9.95. The molecule has 1 aliphatic carbocycles. The van der Waals surface area contributed by atoms with Gasteiger partial charge in [-0.25, -0.2) is 0 Å². The second kappa shape index (κ2) is 4.12. The van der Waals surface area contributed by atoms with Gasteiger partial charge in [0, 0.05) is 19.0 Å². The molecule has 0 aromatic heterocycles. The summed E-state index contributed by atoms with van der Waals surface area (Å²) in [6, 6.07) is 0. The van der Waals surface area contributed by atoms with Crippen LogP contribution in [0.25, 0.3) is 0 Å². The fourth-order valence-electron chi connectivity index (χ4n) is 2.67. The van der Waals surface area contributed by atoms with Crippen LogP contribution >= 0.6 is 0 Å². The fourth-order valence-corrected chi connectivity index (χ4v) is 2.67. The van der Waals surface area contributed by atoms with Crippen LogP contribution in [0.5, 0.6) is 0 Å². The molecule has 2 fully saturated rings. The van der Waals surface area contributed by atoms with Crippen LogP contribution in [-0.2, 0) is 4.79 Å². The zero-order valence-corrected chi connectivity index (χ0v) is 9.67. The molecule has 1 unspecified atom stereocenters. The number of carbonyl (C=O) groups is 1. The highest BCUT2D eigenvalue weighted by molar-refractivity contribution is 5.79. The van der Waals surface area contributed by atoms with E-state index in [9.17, 15) is 4.79 Å². The van der Waals surface area contributed by atoms with Crippen LogP contribution in [0.1, 0.15) is 39.0 Å².